The van der Waals surface area contributed by atoms with Crippen molar-refractivity contribution in [1.82, 2.24) is 10.2 Å². The van der Waals surface area contributed by atoms with Gasteiger partial charge in [-0.1, -0.05) is 45.8 Å². The smallest absolute Gasteiger partial charge is 0.264 e. The zero-order valence-electron chi connectivity index (χ0n) is 21.1. The molecule has 0 aliphatic heterocycles. The molecule has 10 heteroatoms. The number of methoxy groups -OCH3 is 1. The fourth-order valence-corrected chi connectivity index (χ4v) is 5.37. The SMILES string of the molecule is CNC(=O)[C@@H](C)N(Cc1ccc(OC)cc1)C(=O)CN(c1ccc(Br)cc1)S(=O)(=O)c1ccc(C)cc1. The zero-order valence-corrected chi connectivity index (χ0v) is 23.5. The maximum atomic E-state index is 13.7. The van der Waals surface area contributed by atoms with Crippen LogP contribution in [0, 0.1) is 6.92 Å². The fraction of sp³-hybridized carbons (Fsp3) is 0.259. The van der Waals surface area contributed by atoms with E-state index in [1.807, 2.05) is 6.92 Å². The summed E-state index contributed by atoms with van der Waals surface area (Å²) in [5.74, 6) is -0.226. The van der Waals surface area contributed by atoms with E-state index in [9.17, 15) is 18.0 Å². The molecule has 0 unspecified atom stereocenters. The lowest BCUT2D eigenvalue weighted by molar-refractivity contribution is -0.139. The van der Waals surface area contributed by atoms with Crippen LogP contribution in [0.1, 0.15) is 18.1 Å². The van der Waals surface area contributed by atoms with Crippen molar-refractivity contribution in [3.05, 3.63) is 88.4 Å². The van der Waals surface area contributed by atoms with Crippen molar-refractivity contribution in [3.63, 3.8) is 0 Å². The molecular formula is C27H30BrN3O5S. The van der Waals surface area contributed by atoms with Crippen LogP contribution in [0.5, 0.6) is 5.75 Å². The number of hydrogen-bond acceptors (Lipinski definition) is 5. The van der Waals surface area contributed by atoms with Crippen LogP contribution in [-0.4, -0.2) is 51.9 Å². The van der Waals surface area contributed by atoms with Crippen LogP contribution in [0.15, 0.2) is 82.2 Å². The lowest BCUT2D eigenvalue weighted by Gasteiger charge is -2.31. The van der Waals surface area contributed by atoms with E-state index in [4.69, 9.17) is 4.74 Å². The van der Waals surface area contributed by atoms with Crippen molar-refractivity contribution >= 4 is 43.5 Å². The Labute approximate surface area is 226 Å². The highest BCUT2D eigenvalue weighted by Crippen LogP contribution is 2.26. The molecule has 0 bridgehead atoms. The van der Waals surface area contributed by atoms with Crippen molar-refractivity contribution in [1.29, 1.82) is 0 Å². The van der Waals surface area contributed by atoms with Crippen LogP contribution in [0.4, 0.5) is 5.69 Å². The van der Waals surface area contributed by atoms with Gasteiger partial charge in [-0.3, -0.25) is 13.9 Å². The van der Waals surface area contributed by atoms with Crippen LogP contribution >= 0.6 is 15.9 Å². The number of anilines is 1. The average Bonchev–Trinajstić information content (AvgIpc) is 2.90. The molecule has 0 spiro atoms. The second-order valence-electron chi connectivity index (χ2n) is 8.46. The maximum Gasteiger partial charge on any atom is 0.264 e. The standard InChI is InChI=1S/C27H30BrN3O5S/c1-19-5-15-25(16-6-19)37(34,35)31(23-11-9-22(28)10-12-23)18-26(32)30(20(2)27(33)29-3)17-21-7-13-24(36-4)14-8-21/h5-16,20H,17-18H2,1-4H3,(H,29,33)/t20-/m1/s1. The van der Waals surface area contributed by atoms with Gasteiger partial charge in [-0.25, -0.2) is 8.42 Å². The van der Waals surface area contributed by atoms with E-state index < -0.39 is 28.5 Å². The molecule has 0 fully saturated rings. The predicted octanol–water partition coefficient (Wildman–Crippen LogP) is 4.12. The van der Waals surface area contributed by atoms with Gasteiger partial charge < -0.3 is 15.0 Å². The van der Waals surface area contributed by atoms with Gasteiger partial charge in [0.05, 0.1) is 17.7 Å². The lowest BCUT2D eigenvalue weighted by atomic mass is 10.1. The van der Waals surface area contributed by atoms with Gasteiger partial charge in [0.25, 0.3) is 10.0 Å². The molecule has 0 heterocycles. The van der Waals surface area contributed by atoms with Crippen LogP contribution in [0.2, 0.25) is 0 Å². The summed E-state index contributed by atoms with van der Waals surface area (Å²) in [6, 6.07) is 19.4. The second-order valence-corrected chi connectivity index (χ2v) is 11.2. The summed E-state index contributed by atoms with van der Waals surface area (Å²) < 4.78 is 34.5. The number of hydrogen-bond donors (Lipinski definition) is 1. The molecule has 1 atom stereocenters. The zero-order chi connectivity index (χ0) is 27.2. The van der Waals surface area contributed by atoms with E-state index in [-0.39, 0.29) is 17.3 Å². The molecule has 196 valence electrons. The Kier molecular flexibility index (Phi) is 9.34. The van der Waals surface area contributed by atoms with Gasteiger partial charge in [-0.15, -0.1) is 0 Å². The summed E-state index contributed by atoms with van der Waals surface area (Å²) in [6.45, 7) is 3.09. The summed E-state index contributed by atoms with van der Waals surface area (Å²) >= 11 is 3.37. The highest BCUT2D eigenvalue weighted by atomic mass is 79.9. The van der Waals surface area contributed by atoms with Crippen molar-refractivity contribution < 1.29 is 22.7 Å². The second kappa shape index (κ2) is 12.2. The first-order valence-corrected chi connectivity index (χ1v) is 13.8. The number of rotatable bonds is 10. The summed E-state index contributed by atoms with van der Waals surface area (Å²) in [5, 5.41) is 2.57. The first kappa shape index (κ1) is 28.2. The van der Waals surface area contributed by atoms with Gasteiger partial charge in [0.2, 0.25) is 11.8 Å². The van der Waals surface area contributed by atoms with Gasteiger partial charge >= 0.3 is 0 Å². The average molecular weight is 589 g/mol. The summed E-state index contributed by atoms with van der Waals surface area (Å²) in [7, 11) is -1.04. The molecular weight excluding hydrogens is 558 g/mol. The number of carbonyl (C=O) groups excluding carboxylic acids is 2. The number of nitrogens with one attached hydrogen (secondary N) is 1. The molecule has 0 aliphatic rings. The third kappa shape index (κ3) is 6.90. The lowest BCUT2D eigenvalue weighted by Crippen LogP contribution is -2.50. The van der Waals surface area contributed by atoms with Gasteiger partial charge in [0.15, 0.2) is 0 Å². The number of nitrogens with zero attached hydrogens (tertiary/aromatic N) is 2. The largest absolute Gasteiger partial charge is 0.497 e. The normalized spacial score (nSPS) is 11.9. The summed E-state index contributed by atoms with van der Waals surface area (Å²) in [4.78, 5) is 27.7. The van der Waals surface area contributed by atoms with Gasteiger partial charge in [0.1, 0.15) is 18.3 Å². The van der Waals surface area contributed by atoms with E-state index >= 15 is 0 Å². The van der Waals surface area contributed by atoms with E-state index in [1.165, 1.54) is 24.1 Å². The highest BCUT2D eigenvalue weighted by Gasteiger charge is 2.32. The van der Waals surface area contributed by atoms with E-state index in [0.717, 1.165) is 19.9 Å². The molecule has 0 saturated carbocycles. The number of likely N-dealkylation sites (N-methyl/N-ethyl adjacent to an activating group) is 1. The van der Waals surface area contributed by atoms with Gasteiger partial charge in [-0.05, 0) is 67.9 Å². The molecule has 37 heavy (non-hydrogen) atoms. The topological polar surface area (TPSA) is 96.0 Å². The van der Waals surface area contributed by atoms with Crippen LogP contribution in [0.3, 0.4) is 0 Å². The number of amides is 2. The molecule has 8 nitrogen and oxygen atoms in total. The third-order valence-electron chi connectivity index (χ3n) is 5.93. The quantitative estimate of drug-likeness (QED) is 0.385. The minimum Gasteiger partial charge on any atom is -0.497 e. The fourth-order valence-electron chi connectivity index (χ4n) is 3.69. The molecule has 1 N–H and O–H groups in total. The van der Waals surface area contributed by atoms with E-state index in [1.54, 1.807) is 74.7 Å². The molecule has 0 saturated heterocycles. The Hall–Kier alpha value is -3.37. The molecule has 0 aliphatic carbocycles. The van der Waals surface area contributed by atoms with Crippen LogP contribution in [0.25, 0.3) is 0 Å². The first-order chi connectivity index (χ1) is 17.6. The Morgan fingerprint density at radius 2 is 1.57 bits per heavy atom. The Balaban J connectivity index is 2.00. The van der Waals surface area contributed by atoms with Crippen LogP contribution in [-0.2, 0) is 26.2 Å². The van der Waals surface area contributed by atoms with E-state index in [0.29, 0.717) is 11.4 Å². The van der Waals surface area contributed by atoms with Gasteiger partial charge in [-0.2, -0.15) is 0 Å². The Morgan fingerprint density at radius 1 is 0.973 bits per heavy atom. The first-order valence-electron chi connectivity index (χ1n) is 11.6. The van der Waals surface area contributed by atoms with Crippen molar-refractivity contribution in [3.8, 4) is 5.75 Å². The molecule has 3 rings (SSSR count). The highest BCUT2D eigenvalue weighted by molar-refractivity contribution is 9.10. The molecule has 0 aromatic heterocycles. The third-order valence-corrected chi connectivity index (χ3v) is 8.24. The Bertz CT molecular complexity index is 1330. The van der Waals surface area contributed by atoms with Crippen molar-refractivity contribution in [2.24, 2.45) is 0 Å². The summed E-state index contributed by atoms with van der Waals surface area (Å²) in [6.07, 6.45) is 0. The predicted molar refractivity (Wildman–Crippen MR) is 147 cm³/mol. The number of sulfonamides is 1. The van der Waals surface area contributed by atoms with Crippen molar-refractivity contribution in [2.45, 2.75) is 31.3 Å². The molecule has 0 radical (unpaired) electrons. The molecule has 3 aromatic carbocycles. The number of benzene rings is 3. The van der Waals surface area contributed by atoms with Crippen LogP contribution < -0.4 is 14.4 Å². The molecule has 3 aromatic rings. The Morgan fingerprint density at radius 3 is 2.11 bits per heavy atom. The monoisotopic (exact) mass is 587 g/mol. The minimum absolute atomic E-state index is 0.0647. The van der Waals surface area contributed by atoms with Gasteiger partial charge in [0, 0.05) is 18.1 Å². The number of aryl methyl sites for hydroxylation is 1. The number of carbonyl (C=O) groups is 2. The summed E-state index contributed by atoms with van der Waals surface area (Å²) in [5.41, 5.74) is 2.01. The van der Waals surface area contributed by atoms with Crippen molar-refractivity contribution in [2.75, 3.05) is 25.0 Å². The number of halogens is 1. The minimum atomic E-state index is -4.09. The molecule has 2 amide bonds. The maximum absolute atomic E-state index is 13.7. The number of ether oxygens (including phenoxy) is 1. The van der Waals surface area contributed by atoms with E-state index in [2.05, 4.69) is 21.2 Å².